The summed E-state index contributed by atoms with van der Waals surface area (Å²) in [5.41, 5.74) is 0. The van der Waals surface area contributed by atoms with Crippen molar-refractivity contribution in [2.45, 2.75) is 88.5 Å². The third kappa shape index (κ3) is 5.95. The minimum Gasteiger partial charge on any atom is -0.371 e. The van der Waals surface area contributed by atoms with Gasteiger partial charge in [0, 0.05) is 18.8 Å². The fourth-order valence-electron chi connectivity index (χ4n) is 3.89. The molecule has 3 aliphatic rings. The van der Waals surface area contributed by atoms with Crippen molar-refractivity contribution in [1.82, 2.24) is 10.6 Å². The first kappa shape index (κ1) is 20.2. The molecule has 0 aromatic rings. The second-order valence-corrected chi connectivity index (χ2v) is 7.98. The molecule has 2 N–H and O–H groups in total. The molecule has 1 saturated carbocycles. The molecule has 1 aliphatic carbocycles. The van der Waals surface area contributed by atoms with Gasteiger partial charge in [0.05, 0.1) is 25.3 Å². The molecule has 6 nitrogen and oxygen atoms in total. The lowest BCUT2D eigenvalue weighted by atomic mass is 10.1. The van der Waals surface area contributed by atoms with Crippen LogP contribution < -0.4 is 10.6 Å². The van der Waals surface area contributed by atoms with Crippen LogP contribution in [0.1, 0.15) is 64.2 Å². The Morgan fingerprint density at radius 1 is 0.889 bits per heavy atom. The van der Waals surface area contributed by atoms with E-state index in [0.29, 0.717) is 19.6 Å². The smallest absolute Gasteiger partial charge is 0.223 e. The van der Waals surface area contributed by atoms with Crippen molar-refractivity contribution in [3.05, 3.63) is 0 Å². The van der Waals surface area contributed by atoms with Gasteiger partial charge < -0.3 is 20.1 Å². The normalized spacial score (nSPS) is 29.1. The molecule has 0 spiro atoms. The summed E-state index contributed by atoms with van der Waals surface area (Å²) < 4.78 is 11.7. The van der Waals surface area contributed by atoms with Crippen LogP contribution in [0.3, 0.4) is 0 Å². The van der Waals surface area contributed by atoms with Crippen molar-refractivity contribution >= 4 is 11.8 Å². The molecule has 2 amide bonds. The van der Waals surface area contributed by atoms with Crippen molar-refractivity contribution in [2.75, 3.05) is 13.2 Å². The summed E-state index contributed by atoms with van der Waals surface area (Å²) in [6.45, 7) is 0.909. The van der Waals surface area contributed by atoms with E-state index in [-0.39, 0.29) is 42.0 Å². The summed E-state index contributed by atoms with van der Waals surface area (Å²) in [6, 6.07) is -0.214. The average molecular weight is 376 g/mol. The first-order valence-electron chi connectivity index (χ1n) is 10.5. The number of nitrogens with one attached hydrogen (secondary N) is 2. The van der Waals surface area contributed by atoms with E-state index in [1.54, 1.807) is 0 Å². The molecule has 6 heteroatoms. The number of carbonyl (C=O) groups is 2. The third-order valence-corrected chi connectivity index (χ3v) is 5.65. The van der Waals surface area contributed by atoms with E-state index in [1.807, 2.05) is 0 Å². The van der Waals surface area contributed by atoms with Gasteiger partial charge in [0.15, 0.2) is 0 Å². The first-order chi connectivity index (χ1) is 13.2. The fraction of sp³-hybridized carbons (Fsp3) is 0.810. The summed E-state index contributed by atoms with van der Waals surface area (Å²) in [7, 11) is 0. The van der Waals surface area contributed by atoms with E-state index in [9.17, 15) is 9.59 Å². The topological polar surface area (TPSA) is 76.7 Å². The van der Waals surface area contributed by atoms with Gasteiger partial charge in [-0.1, -0.05) is 25.7 Å². The Bertz CT molecular complexity index is 555. The molecular weight excluding hydrogens is 344 g/mol. The lowest BCUT2D eigenvalue weighted by molar-refractivity contribution is -0.123. The predicted octanol–water partition coefficient (Wildman–Crippen LogP) is 1.92. The predicted molar refractivity (Wildman–Crippen MR) is 102 cm³/mol. The fourth-order valence-corrected chi connectivity index (χ4v) is 3.89. The molecule has 0 aromatic heterocycles. The summed E-state index contributed by atoms with van der Waals surface area (Å²) in [4.78, 5) is 24.2. The Kier molecular flexibility index (Phi) is 7.54. The van der Waals surface area contributed by atoms with Crippen molar-refractivity contribution in [3.8, 4) is 12.3 Å². The molecule has 4 unspecified atom stereocenters. The summed E-state index contributed by atoms with van der Waals surface area (Å²) in [5.74, 6) is 3.01. The van der Waals surface area contributed by atoms with Crippen LogP contribution in [0.25, 0.3) is 0 Å². The Balaban J connectivity index is 1.28. The number of terminal acetylenes is 1. The van der Waals surface area contributed by atoms with Crippen molar-refractivity contribution in [3.63, 3.8) is 0 Å². The highest BCUT2D eigenvalue weighted by molar-refractivity contribution is 5.81. The summed E-state index contributed by atoms with van der Waals surface area (Å²) in [5, 5.41) is 6.09. The highest BCUT2D eigenvalue weighted by Gasteiger charge is 2.49. The summed E-state index contributed by atoms with van der Waals surface area (Å²) in [6.07, 6.45) is 14.9. The zero-order valence-electron chi connectivity index (χ0n) is 16.1. The van der Waals surface area contributed by atoms with E-state index in [0.717, 1.165) is 44.9 Å². The van der Waals surface area contributed by atoms with E-state index in [2.05, 4.69) is 16.6 Å². The maximum Gasteiger partial charge on any atom is 0.223 e. The molecule has 4 atom stereocenters. The number of amides is 2. The van der Waals surface area contributed by atoms with Crippen molar-refractivity contribution in [1.29, 1.82) is 0 Å². The molecule has 0 bridgehead atoms. The zero-order valence-corrected chi connectivity index (χ0v) is 16.1. The van der Waals surface area contributed by atoms with Crippen LogP contribution in [0, 0.1) is 18.3 Å². The van der Waals surface area contributed by atoms with Gasteiger partial charge in [0.1, 0.15) is 12.2 Å². The van der Waals surface area contributed by atoms with E-state index < -0.39 is 0 Å². The molecule has 0 aromatic carbocycles. The van der Waals surface area contributed by atoms with Crippen LogP contribution in [0.15, 0.2) is 0 Å². The molecule has 2 aliphatic heterocycles. The number of carbonyl (C=O) groups excluding carboxylic acids is 2. The molecule has 27 heavy (non-hydrogen) atoms. The second kappa shape index (κ2) is 10.1. The van der Waals surface area contributed by atoms with Gasteiger partial charge in [-0.2, -0.15) is 0 Å². The summed E-state index contributed by atoms with van der Waals surface area (Å²) >= 11 is 0. The quantitative estimate of drug-likeness (QED) is 0.427. The van der Waals surface area contributed by atoms with Gasteiger partial charge in [-0.3, -0.25) is 9.59 Å². The number of unbranched alkanes of at least 4 members (excludes halogenated alkanes) is 6. The number of fused-ring (bicyclic) bond motifs is 1. The van der Waals surface area contributed by atoms with Gasteiger partial charge in [-0.25, -0.2) is 0 Å². The second-order valence-electron chi connectivity index (χ2n) is 7.98. The van der Waals surface area contributed by atoms with Crippen LogP contribution in [-0.4, -0.2) is 49.3 Å². The van der Waals surface area contributed by atoms with Crippen LogP contribution in [-0.2, 0) is 19.1 Å². The number of ether oxygens (including phenoxy) is 2. The van der Waals surface area contributed by atoms with Gasteiger partial charge in [-0.15, -0.1) is 12.3 Å². The Morgan fingerprint density at radius 3 is 2.11 bits per heavy atom. The van der Waals surface area contributed by atoms with E-state index in [1.165, 1.54) is 12.8 Å². The van der Waals surface area contributed by atoms with Crippen LogP contribution in [0.5, 0.6) is 0 Å². The van der Waals surface area contributed by atoms with Gasteiger partial charge in [0.25, 0.3) is 0 Å². The zero-order chi connectivity index (χ0) is 19.1. The maximum absolute atomic E-state index is 12.2. The molecule has 0 radical (unpaired) electrons. The van der Waals surface area contributed by atoms with Gasteiger partial charge in [0.2, 0.25) is 11.8 Å². The first-order valence-corrected chi connectivity index (χ1v) is 10.5. The SMILES string of the molecule is C#CCCCCCCCCC(=O)NC1COC2C(NC(=O)C3CC3)COC12. The van der Waals surface area contributed by atoms with E-state index in [4.69, 9.17) is 15.9 Å². The van der Waals surface area contributed by atoms with Crippen LogP contribution in [0.4, 0.5) is 0 Å². The van der Waals surface area contributed by atoms with Crippen molar-refractivity contribution < 1.29 is 19.1 Å². The molecule has 2 heterocycles. The number of rotatable bonds is 11. The van der Waals surface area contributed by atoms with Crippen molar-refractivity contribution in [2.24, 2.45) is 5.92 Å². The Morgan fingerprint density at radius 2 is 1.48 bits per heavy atom. The molecule has 2 saturated heterocycles. The molecule has 3 fully saturated rings. The van der Waals surface area contributed by atoms with Crippen LogP contribution in [0.2, 0.25) is 0 Å². The molecule has 150 valence electrons. The largest absolute Gasteiger partial charge is 0.371 e. The monoisotopic (exact) mass is 376 g/mol. The average Bonchev–Trinajstić information content (AvgIpc) is 3.33. The third-order valence-electron chi connectivity index (χ3n) is 5.65. The number of hydrogen-bond acceptors (Lipinski definition) is 4. The molecular formula is C21H32N2O4. The lowest BCUT2D eigenvalue weighted by Gasteiger charge is -2.18. The Hall–Kier alpha value is -1.58. The molecule has 3 rings (SSSR count). The highest BCUT2D eigenvalue weighted by Crippen LogP contribution is 2.31. The maximum atomic E-state index is 12.2. The number of hydrogen-bond donors (Lipinski definition) is 2. The minimum absolute atomic E-state index is 0.0608. The minimum atomic E-state index is -0.158. The van der Waals surface area contributed by atoms with E-state index >= 15 is 0 Å². The standard InChI is InChI=1S/C21H32N2O4/c1-2-3-4-5-6-7-8-9-10-18(24)22-16-13-26-20-17(14-27-19(16)20)23-21(25)15-11-12-15/h1,15-17,19-20H,3-14H2,(H,22,24)(H,23,25). The highest BCUT2D eigenvalue weighted by atomic mass is 16.6. The Labute approximate surface area is 162 Å². The van der Waals surface area contributed by atoms with Gasteiger partial charge in [-0.05, 0) is 25.7 Å². The van der Waals surface area contributed by atoms with Gasteiger partial charge >= 0.3 is 0 Å². The van der Waals surface area contributed by atoms with Crippen LogP contribution >= 0.6 is 0 Å². The lowest BCUT2D eigenvalue weighted by Crippen LogP contribution is -2.47.